The summed E-state index contributed by atoms with van der Waals surface area (Å²) in [4.78, 5) is 18.7. The van der Waals surface area contributed by atoms with Gasteiger partial charge in [0.2, 0.25) is 5.95 Å². The number of aromatic carboxylic acids is 1. The van der Waals surface area contributed by atoms with Crippen molar-refractivity contribution in [3.8, 4) is 0 Å². The molecule has 1 heterocycles. The summed E-state index contributed by atoms with van der Waals surface area (Å²) in [6.45, 7) is 1.58. The lowest BCUT2D eigenvalue weighted by atomic mass is 10.2. The quantitative estimate of drug-likeness (QED) is 0.870. The molecule has 0 unspecified atom stereocenters. The molecule has 2 rings (SSSR count). The van der Waals surface area contributed by atoms with Crippen molar-refractivity contribution < 1.29 is 14.3 Å². The molecule has 0 atom stereocenters. The molecule has 18 heavy (non-hydrogen) atoms. The monoisotopic (exact) mass is 247 g/mol. The van der Waals surface area contributed by atoms with E-state index in [9.17, 15) is 9.18 Å². The van der Waals surface area contributed by atoms with Gasteiger partial charge in [-0.25, -0.2) is 19.2 Å². The molecular formula is C12H10FN3O2. The van der Waals surface area contributed by atoms with E-state index in [0.29, 0.717) is 11.4 Å². The number of nitrogens with zero attached hydrogens (tertiary/aromatic N) is 2. The Morgan fingerprint density at radius 1 is 1.33 bits per heavy atom. The average Bonchev–Trinajstić information content (AvgIpc) is 2.32. The van der Waals surface area contributed by atoms with E-state index in [1.807, 2.05) is 0 Å². The zero-order valence-corrected chi connectivity index (χ0v) is 9.51. The van der Waals surface area contributed by atoms with Crippen molar-refractivity contribution in [2.45, 2.75) is 6.92 Å². The predicted octanol–water partition coefficient (Wildman–Crippen LogP) is 2.37. The zero-order chi connectivity index (χ0) is 13.1. The molecule has 0 fully saturated rings. The Balaban J connectivity index is 2.22. The smallest absolute Gasteiger partial charge is 0.339 e. The maximum atomic E-state index is 12.7. The molecule has 0 aliphatic rings. The highest BCUT2D eigenvalue weighted by atomic mass is 19.1. The molecule has 0 saturated carbocycles. The normalized spacial score (nSPS) is 10.1. The fraction of sp³-hybridized carbons (Fsp3) is 0.0833. The van der Waals surface area contributed by atoms with Crippen LogP contribution in [-0.4, -0.2) is 21.0 Å². The van der Waals surface area contributed by atoms with Gasteiger partial charge >= 0.3 is 5.97 Å². The van der Waals surface area contributed by atoms with Gasteiger partial charge in [0.05, 0.1) is 11.3 Å². The SMILES string of the molecule is Cc1nc(Nc2ccc(F)cc2)ncc1C(=O)O. The summed E-state index contributed by atoms with van der Waals surface area (Å²) in [7, 11) is 0. The zero-order valence-electron chi connectivity index (χ0n) is 9.51. The van der Waals surface area contributed by atoms with Crippen molar-refractivity contribution >= 4 is 17.6 Å². The molecule has 1 aromatic carbocycles. The van der Waals surface area contributed by atoms with E-state index in [4.69, 9.17) is 5.11 Å². The number of carbonyl (C=O) groups is 1. The third kappa shape index (κ3) is 2.60. The Bertz CT molecular complexity index is 584. The Morgan fingerprint density at radius 3 is 2.56 bits per heavy atom. The first-order valence-corrected chi connectivity index (χ1v) is 5.16. The van der Waals surface area contributed by atoms with Crippen molar-refractivity contribution in [2.24, 2.45) is 0 Å². The number of aromatic nitrogens is 2. The second kappa shape index (κ2) is 4.79. The standard InChI is InChI=1S/C12H10FN3O2/c1-7-10(11(17)18)6-14-12(15-7)16-9-4-2-8(13)3-5-9/h2-6H,1H3,(H,17,18)(H,14,15,16). The molecule has 2 aromatic rings. The highest BCUT2D eigenvalue weighted by Crippen LogP contribution is 2.14. The van der Waals surface area contributed by atoms with Crippen LogP contribution in [0.4, 0.5) is 16.0 Å². The predicted molar refractivity (Wildman–Crippen MR) is 63.4 cm³/mol. The average molecular weight is 247 g/mol. The van der Waals surface area contributed by atoms with E-state index in [1.165, 1.54) is 18.3 Å². The first-order valence-electron chi connectivity index (χ1n) is 5.16. The maximum absolute atomic E-state index is 12.7. The van der Waals surface area contributed by atoms with E-state index >= 15 is 0 Å². The van der Waals surface area contributed by atoms with Crippen LogP contribution in [0.5, 0.6) is 0 Å². The Morgan fingerprint density at radius 2 is 2.00 bits per heavy atom. The number of benzene rings is 1. The minimum absolute atomic E-state index is 0.0552. The van der Waals surface area contributed by atoms with Gasteiger partial charge in [-0.1, -0.05) is 0 Å². The number of carboxylic acid groups (broad SMARTS) is 1. The molecular weight excluding hydrogens is 237 g/mol. The molecule has 0 radical (unpaired) electrons. The molecule has 0 saturated heterocycles. The molecule has 6 heteroatoms. The van der Waals surface area contributed by atoms with E-state index in [-0.39, 0.29) is 17.3 Å². The van der Waals surface area contributed by atoms with Crippen LogP contribution in [0.2, 0.25) is 0 Å². The number of rotatable bonds is 3. The summed E-state index contributed by atoms with van der Waals surface area (Å²) in [5.41, 5.74) is 1.04. The summed E-state index contributed by atoms with van der Waals surface area (Å²) in [6.07, 6.45) is 1.23. The molecule has 92 valence electrons. The Hall–Kier alpha value is -2.50. The molecule has 0 amide bonds. The van der Waals surface area contributed by atoms with E-state index < -0.39 is 5.97 Å². The van der Waals surface area contributed by atoms with E-state index in [0.717, 1.165) is 0 Å². The van der Waals surface area contributed by atoms with Crippen molar-refractivity contribution in [3.63, 3.8) is 0 Å². The van der Waals surface area contributed by atoms with Crippen molar-refractivity contribution in [1.29, 1.82) is 0 Å². The fourth-order valence-corrected chi connectivity index (χ4v) is 1.40. The topological polar surface area (TPSA) is 75.1 Å². The van der Waals surface area contributed by atoms with Gasteiger partial charge in [0.25, 0.3) is 0 Å². The number of aryl methyl sites for hydroxylation is 1. The first-order chi connectivity index (χ1) is 8.56. The van der Waals surface area contributed by atoms with E-state index in [1.54, 1.807) is 19.1 Å². The highest BCUT2D eigenvalue weighted by molar-refractivity contribution is 5.88. The third-order valence-electron chi connectivity index (χ3n) is 2.31. The van der Waals surface area contributed by atoms with Gasteiger partial charge in [0.1, 0.15) is 5.82 Å². The summed E-state index contributed by atoms with van der Waals surface area (Å²) in [6, 6.07) is 5.69. The Kier molecular flexibility index (Phi) is 3.18. The number of carboxylic acids is 1. The minimum atomic E-state index is -1.07. The largest absolute Gasteiger partial charge is 0.478 e. The van der Waals surface area contributed by atoms with Gasteiger partial charge in [-0.3, -0.25) is 0 Å². The summed E-state index contributed by atoms with van der Waals surface area (Å²) in [5, 5.41) is 11.7. The number of hydrogen-bond acceptors (Lipinski definition) is 4. The van der Waals surface area contributed by atoms with E-state index in [2.05, 4.69) is 15.3 Å². The fourth-order valence-electron chi connectivity index (χ4n) is 1.40. The molecule has 0 aliphatic carbocycles. The van der Waals surface area contributed by atoms with Gasteiger partial charge in [-0.2, -0.15) is 0 Å². The van der Waals surface area contributed by atoms with Crippen LogP contribution < -0.4 is 5.32 Å². The number of hydrogen-bond donors (Lipinski definition) is 2. The van der Waals surface area contributed by atoms with Gasteiger partial charge in [-0.05, 0) is 31.2 Å². The lowest BCUT2D eigenvalue weighted by Gasteiger charge is -2.06. The molecule has 0 aliphatic heterocycles. The number of nitrogens with one attached hydrogen (secondary N) is 1. The van der Waals surface area contributed by atoms with Gasteiger partial charge in [0, 0.05) is 11.9 Å². The van der Waals surface area contributed by atoms with Gasteiger partial charge in [0.15, 0.2) is 0 Å². The number of anilines is 2. The molecule has 2 N–H and O–H groups in total. The maximum Gasteiger partial charge on any atom is 0.339 e. The molecule has 0 bridgehead atoms. The Labute approximate surface area is 102 Å². The number of halogens is 1. The van der Waals surface area contributed by atoms with Gasteiger partial charge < -0.3 is 10.4 Å². The van der Waals surface area contributed by atoms with Crippen LogP contribution in [-0.2, 0) is 0 Å². The van der Waals surface area contributed by atoms with Crippen LogP contribution in [0.25, 0.3) is 0 Å². The second-order valence-electron chi connectivity index (χ2n) is 3.63. The highest BCUT2D eigenvalue weighted by Gasteiger charge is 2.09. The summed E-state index contributed by atoms with van der Waals surface area (Å²) >= 11 is 0. The van der Waals surface area contributed by atoms with Crippen molar-refractivity contribution in [3.05, 3.63) is 47.5 Å². The van der Waals surface area contributed by atoms with Crippen LogP contribution in [0, 0.1) is 12.7 Å². The van der Waals surface area contributed by atoms with Crippen LogP contribution in [0.3, 0.4) is 0 Å². The van der Waals surface area contributed by atoms with Crippen LogP contribution in [0.1, 0.15) is 16.1 Å². The van der Waals surface area contributed by atoms with Crippen LogP contribution >= 0.6 is 0 Å². The first kappa shape index (κ1) is 12.0. The van der Waals surface area contributed by atoms with Crippen molar-refractivity contribution in [1.82, 2.24) is 9.97 Å². The van der Waals surface area contributed by atoms with Crippen molar-refractivity contribution in [2.75, 3.05) is 5.32 Å². The lowest BCUT2D eigenvalue weighted by Crippen LogP contribution is -2.06. The second-order valence-corrected chi connectivity index (χ2v) is 3.63. The molecule has 1 aromatic heterocycles. The minimum Gasteiger partial charge on any atom is -0.478 e. The van der Waals surface area contributed by atoms with Gasteiger partial charge in [-0.15, -0.1) is 0 Å². The third-order valence-corrected chi connectivity index (χ3v) is 2.31. The molecule has 0 spiro atoms. The van der Waals surface area contributed by atoms with Crippen LogP contribution in [0.15, 0.2) is 30.5 Å². The molecule has 5 nitrogen and oxygen atoms in total. The summed E-state index contributed by atoms with van der Waals surface area (Å²) in [5.74, 6) is -1.14. The summed E-state index contributed by atoms with van der Waals surface area (Å²) < 4.78 is 12.7. The lowest BCUT2D eigenvalue weighted by molar-refractivity contribution is 0.0695.